The van der Waals surface area contributed by atoms with E-state index in [0.29, 0.717) is 11.1 Å². The van der Waals surface area contributed by atoms with Crippen LogP contribution < -0.4 is 23.7 Å². The molecule has 0 N–H and O–H groups in total. The van der Waals surface area contributed by atoms with E-state index in [2.05, 4.69) is 4.74 Å². The largest absolute Gasteiger partial charge is 0.491 e. The average Bonchev–Trinajstić information content (AvgIpc) is 1.20. The molecule has 88 heavy (non-hydrogen) atoms. The maximum absolute atomic E-state index is 15.8. The van der Waals surface area contributed by atoms with E-state index in [-0.39, 0.29) is 16.9 Å². The first kappa shape index (κ1) is 64.6. The number of halogens is 19. The van der Waals surface area contributed by atoms with Gasteiger partial charge in [0, 0.05) is 17.0 Å². The minimum Gasteiger partial charge on any atom is -0.491 e. The summed E-state index contributed by atoms with van der Waals surface area (Å²) in [7, 11) is 0. The monoisotopic (exact) mass is 1260 g/mol. The lowest BCUT2D eigenvalue weighted by Crippen LogP contribution is -2.20. The molecule has 462 valence electrons. The van der Waals surface area contributed by atoms with Gasteiger partial charge in [-0.1, -0.05) is 58.9 Å². The third-order valence-corrected chi connectivity index (χ3v) is 13.1. The topological polar surface area (TPSA) is 72.5 Å². The van der Waals surface area contributed by atoms with Gasteiger partial charge >= 0.3 is 18.1 Å². The fourth-order valence-electron chi connectivity index (χ4n) is 8.82. The summed E-state index contributed by atoms with van der Waals surface area (Å²) in [5, 5.41) is 0. The highest BCUT2D eigenvalue weighted by Gasteiger charge is 2.39. The SMILES string of the molecule is CC(C)Oc1cc(COC(=O)c2ccc(OC(F)=C(F)F)cc2)cc(Oc2c(F)c(F)c(-c3c(F)c(F)c(Oc4ccc(C(C)(C)c5ccc(Oc6c(F)c(F)c(-c7c(F)c(F)c(C(C)(C)C)c(F)c7F)c(F)c6F)cc5)cc4)c(F)c3F)c(F)c2F)c1. The van der Waals surface area contributed by atoms with Crippen LogP contribution in [0.5, 0.6) is 46.0 Å². The highest BCUT2D eigenvalue weighted by Crippen LogP contribution is 2.47. The summed E-state index contributed by atoms with van der Waals surface area (Å²) < 4.78 is 316. The number of esters is 1. The first-order valence-electron chi connectivity index (χ1n) is 25.3. The Morgan fingerprint density at radius 3 is 1.08 bits per heavy atom. The molecule has 0 radical (unpaired) electrons. The third-order valence-electron chi connectivity index (χ3n) is 13.1. The number of carbonyl (C=O) groups is 1. The minimum absolute atomic E-state index is 0.0622. The second-order valence-corrected chi connectivity index (χ2v) is 20.8. The molecule has 0 atom stereocenters. The number of hydrogen-bond donors (Lipinski definition) is 0. The van der Waals surface area contributed by atoms with Crippen LogP contribution in [-0.2, 0) is 22.2 Å². The standard InChI is InChI=1S/C62H39F19O7/c1-24(2)84-32-20-25(23-83-60(82)26-8-14-31(15-9-26)88-59(81)58(79)80)21-33(22-32)87-57-53(77)45(69)37(46(70)54(57)78)36-43(67)51(75)56(52(76)44(36)68)86-30-18-12-28(13-19-30)62(6,7)27-10-16-29(17-11-27)85-55-49(73)41(65)35(42(66)50(55)74)34-39(63)47(71)38(61(3,4)5)48(72)40(34)64/h8-22,24H,23H2,1-7H3. The molecule has 0 aromatic heterocycles. The number of rotatable bonds is 17. The van der Waals surface area contributed by atoms with E-state index in [4.69, 9.17) is 23.7 Å². The Balaban J connectivity index is 0.992. The maximum atomic E-state index is 15.8. The van der Waals surface area contributed by atoms with Crippen molar-refractivity contribution in [3.8, 4) is 68.2 Å². The van der Waals surface area contributed by atoms with Crippen LogP contribution >= 0.6 is 0 Å². The summed E-state index contributed by atoms with van der Waals surface area (Å²) in [5.74, 6) is -47.5. The summed E-state index contributed by atoms with van der Waals surface area (Å²) in [6.07, 6.45) is -3.35. The average molecular weight is 1260 g/mol. The molecule has 26 heteroatoms. The third kappa shape index (κ3) is 12.5. The molecule has 0 fully saturated rings. The van der Waals surface area contributed by atoms with Crippen molar-refractivity contribution >= 4 is 5.97 Å². The number of benzene rings is 8. The van der Waals surface area contributed by atoms with Crippen molar-refractivity contribution in [2.75, 3.05) is 0 Å². The lowest BCUT2D eigenvalue weighted by molar-refractivity contribution is 0.0471. The molecule has 0 saturated heterocycles. The van der Waals surface area contributed by atoms with Crippen molar-refractivity contribution in [3.05, 3.63) is 224 Å². The van der Waals surface area contributed by atoms with Crippen molar-refractivity contribution in [2.24, 2.45) is 0 Å². The molecule has 0 aliphatic heterocycles. The fraction of sp³-hybridized carbons (Fsp3) is 0.177. The highest BCUT2D eigenvalue weighted by molar-refractivity contribution is 5.89. The molecule has 0 spiro atoms. The Morgan fingerprint density at radius 2 is 0.739 bits per heavy atom. The molecule has 0 aliphatic carbocycles. The Morgan fingerprint density at radius 1 is 0.409 bits per heavy atom. The van der Waals surface area contributed by atoms with Crippen molar-refractivity contribution in [2.45, 2.75) is 72.0 Å². The van der Waals surface area contributed by atoms with Crippen LogP contribution in [0, 0.1) is 93.1 Å². The second-order valence-electron chi connectivity index (χ2n) is 20.8. The molecule has 8 aromatic rings. The normalized spacial score (nSPS) is 11.7. The molecule has 0 amide bonds. The van der Waals surface area contributed by atoms with Crippen LogP contribution in [-0.4, -0.2) is 12.1 Å². The van der Waals surface area contributed by atoms with Crippen molar-refractivity contribution < 1.29 is 117 Å². The first-order chi connectivity index (χ1) is 41.1. The van der Waals surface area contributed by atoms with Gasteiger partial charge in [0.05, 0.1) is 33.9 Å². The van der Waals surface area contributed by atoms with Crippen LogP contribution in [0.25, 0.3) is 22.3 Å². The summed E-state index contributed by atoms with van der Waals surface area (Å²) >= 11 is 0. The molecule has 0 saturated carbocycles. The summed E-state index contributed by atoms with van der Waals surface area (Å²) in [6.45, 7) is 9.07. The number of ether oxygens (including phenoxy) is 6. The number of carbonyl (C=O) groups excluding carboxylic acids is 1. The van der Waals surface area contributed by atoms with E-state index in [0.717, 1.165) is 81.4 Å². The van der Waals surface area contributed by atoms with Crippen LogP contribution in [0.15, 0.2) is 103 Å². The summed E-state index contributed by atoms with van der Waals surface area (Å²) in [5.41, 5.74) is -12.1. The fourth-order valence-corrected chi connectivity index (χ4v) is 8.82. The van der Waals surface area contributed by atoms with E-state index < -0.39 is 203 Å². The molecule has 0 bridgehead atoms. The predicted molar refractivity (Wildman–Crippen MR) is 276 cm³/mol. The second kappa shape index (κ2) is 24.8. The lowest BCUT2D eigenvalue weighted by Gasteiger charge is -2.26. The molecular formula is C62H39F19O7. The Bertz CT molecular complexity index is 3990. The van der Waals surface area contributed by atoms with Gasteiger partial charge < -0.3 is 28.4 Å². The maximum Gasteiger partial charge on any atom is 0.344 e. The van der Waals surface area contributed by atoms with Crippen LogP contribution in [0.3, 0.4) is 0 Å². The molecule has 8 aromatic carbocycles. The van der Waals surface area contributed by atoms with E-state index in [1.165, 1.54) is 44.2 Å². The minimum atomic E-state index is -2.75. The first-order valence-corrected chi connectivity index (χ1v) is 25.3. The van der Waals surface area contributed by atoms with E-state index in [1.807, 2.05) is 0 Å². The van der Waals surface area contributed by atoms with Crippen molar-refractivity contribution in [1.29, 1.82) is 0 Å². The quantitative estimate of drug-likeness (QED) is 0.0389. The van der Waals surface area contributed by atoms with Gasteiger partial charge in [0.1, 0.15) is 35.4 Å². The Hall–Kier alpha value is -9.36. The molecule has 0 unspecified atom stereocenters. The zero-order valence-corrected chi connectivity index (χ0v) is 46.0. The predicted octanol–water partition coefficient (Wildman–Crippen LogP) is 19.8. The zero-order valence-electron chi connectivity index (χ0n) is 46.0. The van der Waals surface area contributed by atoms with E-state index >= 15 is 61.5 Å². The molecular weight excluding hydrogens is 1220 g/mol. The summed E-state index contributed by atoms with van der Waals surface area (Å²) in [4.78, 5) is 12.7. The van der Waals surface area contributed by atoms with Crippen molar-refractivity contribution in [3.63, 3.8) is 0 Å². The van der Waals surface area contributed by atoms with Gasteiger partial charge in [-0.25, -0.2) is 48.7 Å². The lowest BCUT2D eigenvalue weighted by atomic mass is 9.78. The zero-order chi connectivity index (χ0) is 64.9. The van der Waals surface area contributed by atoms with Gasteiger partial charge in [-0.3, -0.25) is 0 Å². The van der Waals surface area contributed by atoms with Gasteiger partial charge in [0.25, 0.3) is 0 Å². The van der Waals surface area contributed by atoms with Gasteiger partial charge in [0.2, 0.25) is 52.2 Å². The van der Waals surface area contributed by atoms with E-state index in [9.17, 15) is 26.7 Å². The summed E-state index contributed by atoms with van der Waals surface area (Å²) in [6, 6.07) is 14.2. The van der Waals surface area contributed by atoms with Gasteiger partial charge in [-0.2, -0.15) is 39.5 Å². The smallest absolute Gasteiger partial charge is 0.344 e. The Labute approximate surface area is 485 Å². The van der Waals surface area contributed by atoms with Crippen LogP contribution in [0.1, 0.15) is 81.1 Å². The van der Waals surface area contributed by atoms with Gasteiger partial charge in [-0.05, 0) is 96.6 Å². The van der Waals surface area contributed by atoms with Gasteiger partial charge in [0.15, 0.2) is 58.2 Å². The van der Waals surface area contributed by atoms with E-state index in [1.54, 1.807) is 13.8 Å². The highest BCUT2D eigenvalue weighted by atomic mass is 19.3. The van der Waals surface area contributed by atoms with Crippen LogP contribution in [0.2, 0.25) is 0 Å². The van der Waals surface area contributed by atoms with Crippen molar-refractivity contribution in [1.82, 2.24) is 0 Å². The Kier molecular flexibility index (Phi) is 18.2. The molecule has 0 aliphatic rings. The van der Waals surface area contributed by atoms with Crippen LogP contribution in [0.4, 0.5) is 83.4 Å². The molecule has 8 rings (SSSR count). The van der Waals surface area contributed by atoms with Gasteiger partial charge in [-0.15, -0.1) is 0 Å². The number of hydrogen-bond acceptors (Lipinski definition) is 7. The molecule has 7 nitrogen and oxygen atoms in total. The molecule has 0 heterocycles.